The first kappa shape index (κ1) is 16.7. The highest BCUT2D eigenvalue weighted by molar-refractivity contribution is 5.89. The van der Waals surface area contributed by atoms with E-state index < -0.39 is 5.97 Å². The van der Waals surface area contributed by atoms with Crippen LogP contribution >= 0.6 is 0 Å². The molecule has 0 spiro atoms. The summed E-state index contributed by atoms with van der Waals surface area (Å²) in [6.07, 6.45) is 0. The van der Waals surface area contributed by atoms with E-state index in [1.165, 1.54) is 16.8 Å². The summed E-state index contributed by atoms with van der Waals surface area (Å²) in [7, 11) is 1.58. The van der Waals surface area contributed by atoms with Crippen molar-refractivity contribution >= 4 is 5.97 Å². The fourth-order valence-corrected chi connectivity index (χ4v) is 2.41. The SMILES string of the molecule is CCOC(=O)c1cc(-c2ccc(F)cc2)nn1-c1ccc(OC)cc1. The fraction of sp³-hybridized carbons (Fsp3) is 0.158. The Morgan fingerprint density at radius 3 is 2.40 bits per heavy atom. The zero-order valence-electron chi connectivity index (χ0n) is 13.9. The Kier molecular flexibility index (Phi) is 4.79. The molecular weight excluding hydrogens is 323 g/mol. The van der Waals surface area contributed by atoms with Crippen LogP contribution < -0.4 is 4.74 Å². The highest BCUT2D eigenvalue weighted by Gasteiger charge is 2.18. The predicted octanol–water partition coefficient (Wildman–Crippen LogP) is 3.86. The van der Waals surface area contributed by atoms with Crippen molar-refractivity contribution in [3.63, 3.8) is 0 Å². The highest BCUT2D eigenvalue weighted by atomic mass is 19.1. The van der Waals surface area contributed by atoms with E-state index in [4.69, 9.17) is 9.47 Å². The molecular formula is C19H17FN2O3. The number of benzene rings is 2. The van der Waals surface area contributed by atoms with Crippen LogP contribution in [0.4, 0.5) is 4.39 Å². The number of ether oxygens (including phenoxy) is 2. The summed E-state index contributed by atoms with van der Waals surface area (Å²) in [4.78, 5) is 12.3. The molecule has 0 N–H and O–H groups in total. The molecule has 5 nitrogen and oxygen atoms in total. The van der Waals surface area contributed by atoms with Crippen LogP contribution in [-0.4, -0.2) is 29.5 Å². The van der Waals surface area contributed by atoms with E-state index >= 15 is 0 Å². The summed E-state index contributed by atoms with van der Waals surface area (Å²) in [6.45, 7) is 2.01. The van der Waals surface area contributed by atoms with Crippen molar-refractivity contribution in [1.82, 2.24) is 9.78 Å². The van der Waals surface area contributed by atoms with Gasteiger partial charge in [0.1, 0.15) is 11.6 Å². The van der Waals surface area contributed by atoms with E-state index in [0.29, 0.717) is 28.4 Å². The Hall–Kier alpha value is -3.15. The molecule has 0 bridgehead atoms. The molecule has 1 heterocycles. The van der Waals surface area contributed by atoms with Gasteiger partial charge in [0.25, 0.3) is 0 Å². The highest BCUT2D eigenvalue weighted by Crippen LogP contribution is 2.23. The number of rotatable bonds is 5. The minimum absolute atomic E-state index is 0.262. The molecule has 0 unspecified atom stereocenters. The molecule has 0 atom stereocenters. The zero-order valence-corrected chi connectivity index (χ0v) is 13.9. The monoisotopic (exact) mass is 340 g/mol. The third-order valence-corrected chi connectivity index (χ3v) is 3.65. The number of methoxy groups -OCH3 is 1. The second kappa shape index (κ2) is 7.17. The number of halogens is 1. The number of carbonyl (C=O) groups excluding carboxylic acids is 1. The number of hydrogen-bond donors (Lipinski definition) is 0. The standard InChI is InChI=1S/C19H17FN2O3/c1-3-25-19(23)18-12-17(13-4-6-14(20)7-5-13)21-22(18)15-8-10-16(24-2)11-9-15/h4-12H,3H2,1-2H3. The number of hydrogen-bond acceptors (Lipinski definition) is 4. The summed E-state index contributed by atoms with van der Waals surface area (Å²) in [6, 6.07) is 14.7. The van der Waals surface area contributed by atoms with E-state index in [1.807, 2.05) is 0 Å². The molecule has 3 aromatic rings. The van der Waals surface area contributed by atoms with E-state index in [0.717, 1.165) is 0 Å². The lowest BCUT2D eigenvalue weighted by Gasteiger charge is -2.07. The Labute approximate surface area is 144 Å². The summed E-state index contributed by atoms with van der Waals surface area (Å²) in [5.74, 6) is -0.101. The molecule has 2 aromatic carbocycles. The number of carbonyl (C=O) groups is 1. The van der Waals surface area contributed by atoms with Crippen molar-refractivity contribution < 1.29 is 18.7 Å². The first-order chi connectivity index (χ1) is 12.1. The molecule has 6 heteroatoms. The van der Waals surface area contributed by atoms with Gasteiger partial charge in [-0.15, -0.1) is 0 Å². The van der Waals surface area contributed by atoms with Crippen LogP contribution in [-0.2, 0) is 4.74 Å². The largest absolute Gasteiger partial charge is 0.497 e. The molecule has 0 radical (unpaired) electrons. The Morgan fingerprint density at radius 2 is 1.80 bits per heavy atom. The number of esters is 1. The number of nitrogens with zero attached hydrogens (tertiary/aromatic N) is 2. The van der Waals surface area contributed by atoms with Gasteiger partial charge in [-0.05, 0) is 61.5 Å². The second-order valence-corrected chi connectivity index (χ2v) is 5.25. The lowest BCUT2D eigenvalue weighted by Crippen LogP contribution is -2.11. The topological polar surface area (TPSA) is 53.3 Å². The van der Waals surface area contributed by atoms with E-state index in [2.05, 4.69) is 5.10 Å². The van der Waals surface area contributed by atoms with Gasteiger partial charge < -0.3 is 9.47 Å². The average molecular weight is 340 g/mol. The number of aromatic nitrogens is 2. The van der Waals surface area contributed by atoms with Gasteiger partial charge in [-0.1, -0.05) is 0 Å². The third kappa shape index (κ3) is 3.52. The maximum atomic E-state index is 13.1. The van der Waals surface area contributed by atoms with Crippen LogP contribution in [0.15, 0.2) is 54.6 Å². The normalized spacial score (nSPS) is 10.5. The van der Waals surface area contributed by atoms with Crippen LogP contribution in [0.25, 0.3) is 16.9 Å². The lowest BCUT2D eigenvalue weighted by molar-refractivity contribution is 0.0515. The minimum Gasteiger partial charge on any atom is -0.497 e. The van der Waals surface area contributed by atoms with E-state index in [-0.39, 0.29) is 12.4 Å². The van der Waals surface area contributed by atoms with Gasteiger partial charge in [0, 0.05) is 5.56 Å². The van der Waals surface area contributed by atoms with Crippen molar-refractivity contribution in [2.24, 2.45) is 0 Å². The maximum absolute atomic E-state index is 13.1. The van der Waals surface area contributed by atoms with Gasteiger partial charge in [-0.25, -0.2) is 13.9 Å². The lowest BCUT2D eigenvalue weighted by atomic mass is 10.1. The van der Waals surface area contributed by atoms with Crippen LogP contribution in [0.5, 0.6) is 5.75 Å². The Balaban J connectivity index is 2.07. The fourth-order valence-electron chi connectivity index (χ4n) is 2.41. The van der Waals surface area contributed by atoms with Crippen LogP contribution in [0.1, 0.15) is 17.4 Å². The van der Waals surface area contributed by atoms with Gasteiger partial charge in [-0.2, -0.15) is 5.10 Å². The van der Waals surface area contributed by atoms with Crippen LogP contribution in [0, 0.1) is 5.82 Å². The van der Waals surface area contributed by atoms with Crippen LogP contribution in [0.3, 0.4) is 0 Å². The summed E-state index contributed by atoms with van der Waals surface area (Å²) in [5.41, 5.74) is 2.25. The molecule has 25 heavy (non-hydrogen) atoms. The molecule has 0 amide bonds. The Bertz CT molecular complexity index is 871. The van der Waals surface area contributed by atoms with Crippen molar-refractivity contribution in [3.05, 3.63) is 66.1 Å². The average Bonchev–Trinajstić information content (AvgIpc) is 3.08. The van der Waals surface area contributed by atoms with Gasteiger partial charge in [0.05, 0.1) is 25.1 Å². The zero-order chi connectivity index (χ0) is 17.8. The minimum atomic E-state index is -0.473. The summed E-state index contributed by atoms with van der Waals surface area (Å²) < 4.78 is 24.9. The summed E-state index contributed by atoms with van der Waals surface area (Å²) >= 11 is 0. The molecule has 1 aromatic heterocycles. The first-order valence-corrected chi connectivity index (χ1v) is 7.80. The molecule has 3 rings (SSSR count). The van der Waals surface area contributed by atoms with Crippen LogP contribution in [0.2, 0.25) is 0 Å². The molecule has 0 saturated heterocycles. The molecule has 0 aliphatic rings. The van der Waals surface area contributed by atoms with Gasteiger partial charge in [0.2, 0.25) is 0 Å². The molecule has 0 aliphatic carbocycles. The maximum Gasteiger partial charge on any atom is 0.357 e. The quantitative estimate of drug-likeness (QED) is 0.662. The van der Waals surface area contributed by atoms with Gasteiger partial charge in [0.15, 0.2) is 5.69 Å². The first-order valence-electron chi connectivity index (χ1n) is 7.80. The molecule has 0 saturated carbocycles. The smallest absolute Gasteiger partial charge is 0.357 e. The van der Waals surface area contributed by atoms with Gasteiger partial charge in [-0.3, -0.25) is 0 Å². The Morgan fingerprint density at radius 1 is 1.12 bits per heavy atom. The third-order valence-electron chi connectivity index (χ3n) is 3.65. The van der Waals surface area contributed by atoms with Crippen molar-refractivity contribution in [1.29, 1.82) is 0 Å². The summed E-state index contributed by atoms with van der Waals surface area (Å²) in [5, 5.41) is 4.49. The predicted molar refractivity (Wildman–Crippen MR) is 91.5 cm³/mol. The van der Waals surface area contributed by atoms with E-state index in [9.17, 15) is 9.18 Å². The van der Waals surface area contributed by atoms with Crippen molar-refractivity contribution in [3.8, 4) is 22.7 Å². The second-order valence-electron chi connectivity index (χ2n) is 5.25. The van der Waals surface area contributed by atoms with Crippen molar-refractivity contribution in [2.75, 3.05) is 13.7 Å². The molecule has 128 valence electrons. The van der Waals surface area contributed by atoms with E-state index in [1.54, 1.807) is 56.5 Å². The molecule has 0 aliphatic heterocycles. The van der Waals surface area contributed by atoms with Gasteiger partial charge >= 0.3 is 5.97 Å². The van der Waals surface area contributed by atoms with Crippen molar-refractivity contribution in [2.45, 2.75) is 6.92 Å². The molecule has 0 fully saturated rings.